The molecule has 5 aromatic heterocycles. The van der Waals surface area contributed by atoms with Gasteiger partial charge in [0.05, 0.1) is 33.4 Å². The summed E-state index contributed by atoms with van der Waals surface area (Å²) in [5, 5.41) is 10.9. The largest absolute Gasteiger partial charge is 0.454 e. The first-order valence-electron chi connectivity index (χ1n) is 31.6. The molecular formula is C82H62N4O2. The molecule has 5 aliphatic rings. The number of aromatic nitrogens is 2. The van der Waals surface area contributed by atoms with E-state index in [9.17, 15) is 0 Å². The average Bonchev–Trinajstić information content (AvgIpc) is 1.55. The summed E-state index contributed by atoms with van der Waals surface area (Å²) in [6, 6.07) is 66.3. The smallest absolute Gasteiger partial charge is 0.159 e. The molecule has 0 N–H and O–H groups in total. The minimum absolute atomic E-state index is 0.0111. The van der Waals surface area contributed by atoms with Crippen LogP contribution in [0.4, 0.5) is 22.7 Å². The number of rotatable bonds is 8. The van der Waals surface area contributed by atoms with E-state index in [2.05, 4.69) is 265 Å². The summed E-state index contributed by atoms with van der Waals surface area (Å²) in [6.07, 6.45) is 22.8. The number of anilines is 4. The second-order valence-corrected chi connectivity index (χ2v) is 25.3. The van der Waals surface area contributed by atoms with Gasteiger partial charge in [0.2, 0.25) is 0 Å². The third-order valence-corrected chi connectivity index (χ3v) is 20.5. The Labute approximate surface area is 509 Å². The van der Waals surface area contributed by atoms with Gasteiger partial charge in [-0.3, -0.25) is 0 Å². The predicted molar refractivity (Wildman–Crippen MR) is 367 cm³/mol. The molecule has 2 atom stereocenters. The highest BCUT2D eigenvalue weighted by atomic mass is 16.3. The quantitative estimate of drug-likeness (QED) is 0.152. The fraction of sp³-hybridized carbons (Fsp3) is 0.146. The highest BCUT2D eigenvalue weighted by molar-refractivity contribution is 6.24. The van der Waals surface area contributed by atoms with Crippen LogP contribution in [0.5, 0.6) is 0 Å². The van der Waals surface area contributed by atoms with Gasteiger partial charge in [0.15, 0.2) is 11.2 Å². The number of fused-ring (bicyclic) bond motifs is 18. The molecule has 6 heterocycles. The van der Waals surface area contributed by atoms with Crippen LogP contribution < -0.4 is 9.80 Å². The summed E-state index contributed by atoms with van der Waals surface area (Å²) in [5.41, 5.74) is 30.0. The number of hydrogen-bond donors (Lipinski definition) is 0. The summed E-state index contributed by atoms with van der Waals surface area (Å²) < 4.78 is 19.2. The Morgan fingerprint density at radius 3 is 1.62 bits per heavy atom. The van der Waals surface area contributed by atoms with Gasteiger partial charge in [0, 0.05) is 106 Å². The topological polar surface area (TPSA) is 42.1 Å². The molecule has 0 saturated carbocycles. The van der Waals surface area contributed by atoms with Crippen molar-refractivity contribution in [2.24, 2.45) is 0 Å². The zero-order valence-corrected chi connectivity index (χ0v) is 49.8. The Bertz CT molecular complexity index is 5640. The molecule has 14 aromatic rings. The Morgan fingerprint density at radius 1 is 0.443 bits per heavy atom. The van der Waals surface area contributed by atoms with Crippen molar-refractivity contribution in [2.45, 2.75) is 78.1 Å². The van der Waals surface area contributed by atoms with Crippen LogP contribution in [0, 0.1) is 13.8 Å². The summed E-state index contributed by atoms with van der Waals surface area (Å²) in [7, 11) is 0. The van der Waals surface area contributed by atoms with Crippen LogP contribution in [0.3, 0.4) is 0 Å². The second-order valence-electron chi connectivity index (χ2n) is 25.3. The molecule has 0 amide bonds. The number of para-hydroxylation sites is 4. The van der Waals surface area contributed by atoms with Crippen LogP contribution in [-0.2, 0) is 0 Å². The Balaban J connectivity index is 0.868. The lowest BCUT2D eigenvalue weighted by molar-refractivity contribution is 0.668. The van der Waals surface area contributed by atoms with Crippen LogP contribution in [0.2, 0.25) is 0 Å². The van der Waals surface area contributed by atoms with Crippen LogP contribution >= 0.6 is 0 Å². The van der Waals surface area contributed by atoms with Gasteiger partial charge in [-0.05, 0) is 166 Å². The van der Waals surface area contributed by atoms with Crippen LogP contribution in [0.1, 0.15) is 97.7 Å². The summed E-state index contributed by atoms with van der Waals surface area (Å²) in [6.45, 7) is 9.08. The number of benzene rings is 9. The van der Waals surface area contributed by atoms with Gasteiger partial charge in [-0.15, -0.1) is 0 Å². The predicted octanol–water partition coefficient (Wildman–Crippen LogP) is 22.6. The van der Waals surface area contributed by atoms with E-state index in [0.29, 0.717) is 0 Å². The monoisotopic (exact) mass is 1130 g/mol. The first kappa shape index (κ1) is 49.9. The third kappa shape index (κ3) is 6.77. The van der Waals surface area contributed by atoms with Crippen LogP contribution in [0.15, 0.2) is 255 Å². The molecule has 88 heavy (non-hydrogen) atoms. The van der Waals surface area contributed by atoms with E-state index in [1.807, 2.05) is 0 Å². The number of aryl methyl sites for hydroxylation is 2. The second kappa shape index (κ2) is 18.6. The molecule has 2 unspecified atom stereocenters. The van der Waals surface area contributed by atoms with Gasteiger partial charge in [0.25, 0.3) is 0 Å². The van der Waals surface area contributed by atoms with Crippen molar-refractivity contribution in [3.05, 3.63) is 280 Å². The van der Waals surface area contributed by atoms with Gasteiger partial charge in [-0.25, -0.2) is 0 Å². The molecule has 0 bridgehead atoms. The van der Waals surface area contributed by atoms with Gasteiger partial charge < -0.3 is 27.6 Å². The fourth-order valence-corrected chi connectivity index (χ4v) is 16.6. The highest BCUT2D eigenvalue weighted by Gasteiger charge is 2.48. The normalized spacial score (nSPS) is 17.5. The lowest BCUT2D eigenvalue weighted by Crippen LogP contribution is -2.22. The Kier molecular flexibility index (Phi) is 10.6. The molecule has 0 saturated heterocycles. The standard InChI is InChI=1S/C82H62N4O2/c1-47-21-11-15-33-65(47)83(75-49(3)37-41-59-55-27-13-17-35-69(55)87-81(59)75)53-39-43-67-63(45-53)57-29-19-31-61-73-72(52-25-9-6-10-26-52)80-74(71(51-23-7-5-8-24-51)79(73)85(67)77(57)61)62-32-20-30-58-64-46-54(40-44-68(64)86(80)78(58)62)84(66-34-16-12-22-48(66)2)76-50(4)38-42-60-56-28-14-18-36-70(56)88-82(60)76/h5,7-9,13-20,23-46,71,74H,6,10-12,21-22H2,1-4H3. The molecule has 422 valence electrons. The van der Waals surface area contributed by atoms with Gasteiger partial charge in [-0.2, -0.15) is 0 Å². The molecule has 1 aliphatic heterocycles. The fourth-order valence-electron chi connectivity index (χ4n) is 16.6. The lowest BCUT2D eigenvalue weighted by Gasteiger charge is -2.35. The first-order valence-corrected chi connectivity index (χ1v) is 31.6. The first-order chi connectivity index (χ1) is 43.4. The van der Waals surface area contributed by atoms with Crippen LogP contribution in [-0.4, -0.2) is 8.97 Å². The molecule has 0 radical (unpaired) electrons. The van der Waals surface area contributed by atoms with E-state index in [0.717, 1.165) is 105 Å². The number of allylic oxidation sites excluding steroid dienone is 12. The molecule has 0 fully saturated rings. The van der Waals surface area contributed by atoms with Crippen molar-refractivity contribution in [1.82, 2.24) is 8.97 Å². The molecule has 6 heteroatoms. The molecule has 4 aliphatic carbocycles. The van der Waals surface area contributed by atoms with E-state index < -0.39 is 0 Å². The number of furan rings is 2. The van der Waals surface area contributed by atoms with E-state index in [-0.39, 0.29) is 11.8 Å². The summed E-state index contributed by atoms with van der Waals surface area (Å²) >= 11 is 0. The van der Waals surface area contributed by atoms with Crippen molar-refractivity contribution >= 4 is 127 Å². The van der Waals surface area contributed by atoms with Gasteiger partial charge in [0.1, 0.15) is 11.2 Å². The van der Waals surface area contributed by atoms with E-state index in [1.165, 1.54) is 122 Å². The third-order valence-electron chi connectivity index (χ3n) is 20.5. The zero-order valence-electron chi connectivity index (χ0n) is 49.8. The van der Waals surface area contributed by atoms with Crippen molar-refractivity contribution < 1.29 is 8.83 Å². The molecular weight excluding hydrogens is 1070 g/mol. The van der Waals surface area contributed by atoms with E-state index >= 15 is 0 Å². The van der Waals surface area contributed by atoms with E-state index in [1.54, 1.807) is 0 Å². The minimum Gasteiger partial charge on any atom is -0.454 e. The van der Waals surface area contributed by atoms with Crippen molar-refractivity contribution in [2.75, 3.05) is 9.80 Å². The summed E-state index contributed by atoms with van der Waals surface area (Å²) in [4.78, 5) is 5.01. The van der Waals surface area contributed by atoms with Crippen molar-refractivity contribution in [3.63, 3.8) is 0 Å². The SMILES string of the molecule is CC1=C(N(c2ccc3c(c2)c2cccc4c2n3C2=C(C3=CCCC=C3)c3c(n5c6ccc(N(C7=C(C)CCC=C7)c7c(C)ccc8c7oc7ccccc78)cc6c6cccc3c65)C(c3ccccc3)C24)c2c(C)ccc3c2oc2ccccc23)C=CCC1. The number of hydrogen-bond acceptors (Lipinski definition) is 4. The molecule has 9 aromatic carbocycles. The maximum absolute atomic E-state index is 6.91. The van der Waals surface area contributed by atoms with Gasteiger partial charge >= 0.3 is 0 Å². The maximum Gasteiger partial charge on any atom is 0.159 e. The minimum atomic E-state index is -0.0189. The van der Waals surface area contributed by atoms with Crippen molar-refractivity contribution in [3.8, 4) is 0 Å². The molecule has 19 rings (SSSR count). The van der Waals surface area contributed by atoms with Crippen molar-refractivity contribution in [1.29, 1.82) is 0 Å². The number of nitrogens with zero attached hydrogens (tertiary/aromatic N) is 4. The molecule has 0 spiro atoms. The Morgan fingerprint density at radius 2 is 1.00 bits per heavy atom. The summed E-state index contributed by atoms with van der Waals surface area (Å²) in [5.74, 6) is -0.00776. The maximum atomic E-state index is 6.91. The average molecular weight is 1140 g/mol. The molecule has 6 nitrogen and oxygen atoms in total. The zero-order chi connectivity index (χ0) is 58.2. The van der Waals surface area contributed by atoms with E-state index in [4.69, 9.17) is 8.83 Å². The van der Waals surface area contributed by atoms with Crippen LogP contribution in [0.25, 0.3) is 104 Å². The Hall–Kier alpha value is -10.3. The highest BCUT2D eigenvalue weighted by Crippen LogP contribution is 2.63. The van der Waals surface area contributed by atoms with Gasteiger partial charge in [-0.1, -0.05) is 158 Å². The lowest BCUT2D eigenvalue weighted by atomic mass is 9.70.